The van der Waals surface area contributed by atoms with E-state index in [1.165, 1.54) is 15.6 Å². The second-order valence-electron chi connectivity index (χ2n) is 4.99. The van der Waals surface area contributed by atoms with Gasteiger partial charge in [0, 0.05) is 43.0 Å². The van der Waals surface area contributed by atoms with Crippen LogP contribution in [0.3, 0.4) is 0 Å². The molecule has 0 saturated carbocycles. The van der Waals surface area contributed by atoms with E-state index in [4.69, 9.17) is 4.74 Å². The number of rotatable bonds is 8. The summed E-state index contributed by atoms with van der Waals surface area (Å²) in [4.78, 5) is 2.27. The molecule has 0 radical (unpaired) electrons. The monoisotopic (exact) mass is 320 g/mol. The summed E-state index contributed by atoms with van der Waals surface area (Å²) in [5.74, 6) is 0. The highest BCUT2D eigenvalue weighted by atomic mass is 32.2. The van der Waals surface area contributed by atoms with Gasteiger partial charge in [0.25, 0.3) is 0 Å². The quantitative estimate of drug-likeness (QED) is 0.794. The molecule has 116 valence electrons. The average molecular weight is 320 g/mol. The van der Waals surface area contributed by atoms with Crippen LogP contribution in [0.15, 0.2) is 11.0 Å². The van der Waals surface area contributed by atoms with Crippen LogP contribution >= 0.6 is 11.3 Å². The largest absolute Gasteiger partial charge is 0.383 e. The molecule has 0 bridgehead atoms. The van der Waals surface area contributed by atoms with Gasteiger partial charge in [0.1, 0.15) is 0 Å². The number of nitrogens with one attached hydrogen (secondary N) is 1. The third-order valence-corrected chi connectivity index (χ3v) is 6.07. The zero-order valence-corrected chi connectivity index (χ0v) is 14.4. The Kier molecular flexibility index (Phi) is 6.60. The summed E-state index contributed by atoms with van der Waals surface area (Å²) in [6, 6.07) is 2.15. The second-order valence-corrected chi connectivity index (χ2v) is 8.34. The smallest absolute Gasteiger partial charge is 0.244 e. The molecule has 0 aromatic carbocycles. The number of thiophene rings is 1. The van der Waals surface area contributed by atoms with Gasteiger partial charge in [-0.15, -0.1) is 11.3 Å². The van der Waals surface area contributed by atoms with Crippen molar-refractivity contribution >= 4 is 21.4 Å². The fraction of sp³-hybridized carbons (Fsp3) is 0.692. The van der Waals surface area contributed by atoms with Gasteiger partial charge in [0.2, 0.25) is 10.0 Å². The SMILES string of the molecule is COCCN(C)S(=O)(=O)c1cc(CNC(C)C)sc1C. The highest BCUT2D eigenvalue weighted by molar-refractivity contribution is 7.89. The van der Waals surface area contributed by atoms with Crippen LogP contribution in [0.1, 0.15) is 23.6 Å². The molecule has 20 heavy (non-hydrogen) atoms. The molecular weight excluding hydrogens is 296 g/mol. The number of aryl methyl sites for hydroxylation is 1. The molecule has 0 amide bonds. The van der Waals surface area contributed by atoms with E-state index in [-0.39, 0.29) is 0 Å². The first-order valence-corrected chi connectivity index (χ1v) is 8.82. The zero-order chi connectivity index (χ0) is 15.3. The normalized spacial score (nSPS) is 12.6. The van der Waals surface area contributed by atoms with Crippen molar-refractivity contribution < 1.29 is 13.2 Å². The number of hydrogen-bond acceptors (Lipinski definition) is 5. The van der Waals surface area contributed by atoms with Gasteiger partial charge < -0.3 is 10.1 Å². The fourth-order valence-electron chi connectivity index (χ4n) is 1.68. The molecule has 0 atom stereocenters. The minimum atomic E-state index is -3.42. The fourth-order valence-corrected chi connectivity index (χ4v) is 4.39. The van der Waals surface area contributed by atoms with E-state index in [0.29, 0.717) is 30.6 Å². The second kappa shape index (κ2) is 7.51. The van der Waals surface area contributed by atoms with Crippen molar-refractivity contribution in [1.29, 1.82) is 0 Å². The average Bonchev–Trinajstić information content (AvgIpc) is 2.75. The van der Waals surface area contributed by atoms with E-state index in [0.717, 1.165) is 9.75 Å². The molecule has 1 heterocycles. The van der Waals surface area contributed by atoms with Crippen molar-refractivity contribution in [1.82, 2.24) is 9.62 Å². The molecule has 7 heteroatoms. The predicted octanol–water partition coefficient (Wildman–Crippen LogP) is 1.82. The minimum absolute atomic E-state index is 0.355. The molecule has 0 unspecified atom stereocenters. The van der Waals surface area contributed by atoms with Gasteiger partial charge in [-0.2, -0.15) is 4.31 Å². The van der Waals surface area contributed by atoms with Gasteiger partial charge in [-0.05, 0) is 13.0 Å². The number of nitrogens with zero attached hydrogens (tertiary/aromatic N) is 1. The topological polar surface area (TPSA) is 58.6 Å². The van der Waals surface area contributed by atoms with Gasteiger partial charge in [0.15, 0.2) is 0 Å². The lowest BCUT2D eigenvalue weighted by atomic mass is 10.3. The molecule has 0 spiro atoms. The van der Waals surface area contributed by atoms with Crippen LogP contribution in [0.5, 0.6) is 0 Å². The number of ether oxygens (including phenoxy) is 1. The van der Waals surface area contributed by atoms with Crippen LogP contribution in [-0.4, -0.2) is 46.1 Å². The number of methoxy groups -OCH3 is 1. The minimum Gasteiger partial charge on any atom is -0.383 e. The van der Waals surface area contributed by atoms with Gasteiger partial charge in [0.05, 0.1) is 11.5 Å². The maximum Gasteiger partial charge on any atom is 0.244 e. The van der Waals surface area contributed by atoms with Crippen molar-refractivity contribution in [3.8, 4) is 0 Å². The lowest BCUT2D eigenvalue weighted by Crippen LogP contribution is -2.30. The standard InChI is InChI=1S/C13H24N2O3S2/c1-10(2)14-9-12-8-13(11(3)19-12)20(16,17)15(4)6-7-18-5/h8,10,14H,6-7,9H2,1-5H3. The van der Waals surface area contributed by atoms with Crippen LogP contribution in [-0.2, 0) is 21.3 Å². The van der Waals surface area contributed by atoms with Gasteiger partial charge in [-0.3, -0.25) is 0 Å². The van der Waals surface area contributed by atoms with E-state index in [1.807, 2.05) is 6.92 Å². The first-order chi connectivity index (χ1) is 9.28. The number of sulfonamides is 1. The van der Waals surface area contributed by atoms with Crippen LogP contribution in [0.25, 0.3) is 0 Å². The van der Waals surface area contributed by atoms with Crippen LogP contribution < -0.4 is 5.32 Å². The van der Waals surface area contributed by atoms with Gasteiger partial charge >= 0.3 is 0 Å². The maximum absolute atomic E-state index is 12.5. The summed E-state index contributed by atoms with van der Waals surface area (Å²) in [5, 5.41) is 3.30. The molecular formula is C13H24N2O3S2. The molecule has 1 N–H and O–H groups in total. The van der Waals surface area contributed by atoms with Crippen LogP contribution in [0.4, 0.5) is 0 Å². The zero-order valence-electron chi connectivity index (χ0n) is 12.8. The molecule has 0 fully saturated rings. The summed E-state index contributed by atoms with van der Waals surface area (Å²) >= 11 is 1.52. The Bertz CT molecular complexity index is 524. The van der Waals surface area contributed by atoms with Crippen molar-refractivity contribution in [2.45, 2.75) is 38.3 Å². The Morgan fingerprint density at radius 1 is 1.45 bits per heavy atom. The Morgan fingerprint density at radius 3 is 2.65 bits per heavy atom. The Morgan fingerprint density at radius 2 is 2.10 bits per heavy atom. The Balaban J connectivity index is 2.89. The molecule has 1 rings (SSSR count). The van der Waals surface area contributed by atoms with Gasteiger partial charge in [-0.25, -0.2) is 8.42 Å². The molecule has 0 saturated heterocycles. The lowest BCUT2D eigenvalue weighted by molar-refractivity contribution is 0.185. The molecule has 5 nitrogen and oxygen atoms in total. The van der Waals surface area contributed by atoms with Crippen molar-refractivity contribution in [2.24, 2.45) is 0 Å². The van der Waals surface area contributed by atoms with Crippen LogP contribution in [0, 0.1) is 6.92 Å². The van der Waals surface area contributed by atoms with E-state index in [9.17, 15) is 8.42 Å². The van der Waals surface area contributed by atoms with Gasteiger partial charge in [-0.1, -0.05) is 13.8 Å². The first-order valence-electron chi connectivity index (χ1n) is 6.57. The summed E-state index contributed by atoms with van der Waals surface area (Å²) in [7, 11) is -0.281. The van der Waals surface area contributed by atoms with Crippen molar-refractivity contribution in [2.75, 3.05) is 27.3 Å². The first kappa shape index (κ1) is 17.6. The number of hydrogen-bond donors (Lipinski definition) is 1. The van der Waals surface area contributed by atoms with Crippen LogP contribution in [0.2, 0.25) is 0 Å². The highest BCUT2D eigenvalue weighted by Crippen LogP contribution is 2.27. The molecule has 0 aliphatic heterocycles. The van der Waals surface area contributed by atoms with E-state index in [2.05, 4.69) is 19.2 Å². The number of likely N-dealkylation sites (N-methyl/N-ethyl adjacent to an activating group) is 1. The predicted molar refractivity (Wildman–Crippen MR) is 82.7 cm³/mol. The van der Waals surface area contributed by atoms with E-state index >= 15 is 0 Å². The van der Waals surface area contributed by atoms with Crippen molar-refractivity contribution in [3.05, 3.63) is 15.8 Å². The summed E-state index contributed by atoms with van der Waals surface area (Å²) in [5.41, 5.74) is 0. The maximum atomic E-state index is 12.5. The summed E-state index contributed by atoms with van der Waals surface area (Å²) in [6.45, 7) is 7.42. The summed E-state index contributed by atoms with van der Waals surface area (Å²) in [6.07, 6.45) is 0. The third-order valence-electron chi connectivity index (χ3n) is 2.91. The van der Waals surface area contributed by atoms with E-state index < -0.39 is 10.0 Å². The third kappa shape index (κ3) is 4.53. The molecule has 0 aliphatic carbocycles. The Labute approximate surface area is 126 Å². The molecule has 1 aromatic heterocycles. The lowest BCUT2D eigenvalue weighted by Gasteiger charge is -2.16. The Hall–Kier alpha value is -0.470. The van der Waals surface area contributed by atoms with Crippen molar-refractivity contribution in [3.63, 3.8) is 0 Å². The highest BCUT2D eigenvalue weighted by Gasteiger charge is 2.24. The molecule has 0 aliphatic rings. The summed E-state index contributed by atoms with van der Waals surface area (Å²) < 4.78 is 31.2. The van der Waals surface area contributed by atoms with E-state index in [1.54, 1.807) is 20.2 Å². The molecule has 1 aromatic rings.